The van der Waals surface area contributed by atoms with Crippen molar-refractivity contribution < 1.29 is 18.9 Å². The lowest BCUT2D eigenvalue weighted by molar-refractivity contribution is 0.0219. The highest BCUT2D eigenvalue weighted by Crippen LogP contribution is 2.16. The molecule has 1 fully saturated rings. The summed E-state index contributed by atoms with van der Waals surface area (Å²) >= 11 is 0. The molecule has 2 unspecified atom stereocenters. The molecule has 2 atom stereocenters. The Hall–Kier alpha value is -0.160. The van der Waals surface area contributed by atoms with Gasteiger partial charge in [0.1, 0.15) is 12.2 Å². The van der Waals surface area contributed by atoms with E-state index in [0.717, 1.165) is 0 Å². The number of ether oxygens (including phenoxy) is 4. The smallest absolute Gasteiger partial charge is 0.210 e. The molecule has 1 radical (unpaired) electrons. The fourth-order valence-electron chi connectivity index (χ4n) is 0.972. The van der Waals surface area contributed by atoms with E-state index >= 15 is 0 Å². The maximum Gasteiger partial charge on any atom is 0.210 e. The first-order valence-electron chi connectivity index (χ1n) is 3.49. The average molecular weight is 161 g/mol. The summed E-state index contributed by atoms with van der Waals surface area (Å²) in [5, 5.41) is 0. The molecule has 0 aromatic heterocycles. The van der Waals surface area contributed by atoms with E-state index in [1.54, 1.807) is 14.2 Å². The molecule has 1 rings (SSSR count). The van der Waals surface area contributed by atoms with Crippen LogP contribution in [0.3, 0.4) is 0 Å². The van der Waals surface area contributed by atoms with Crippen LogP contribution in [-0.2, 0) is 18.9 Å². The lowest BCUT2D eigenvalue weighted by atomic mass is 10.2. The van der Waals surface area contributed by atoms with Crippen molar-refractivity contribution in [1.82, 2.24) is 0 Å². The molecule has 0 N–H and O–H groups in total. The maximum absolute atomic E-state index is 5.11. The predicted molar refractivity (Wildman–Crippen MR) is 37.8 cm³/mol. The molecule has 1 aliphatic heterocycles. The number of rotatable bonds is 4. The molecule has 11 heavy (non-hydrogen) atoms. The maximum atomic E-state index is 5.11. The van der Waals surface area contributed by atoms with Crippen LogP contribution in [0.1, 0.15) is 0 Å². The number of hydrogen-bond donors (Lipinski definition) is 0. The molecule has 4 nitrogen and oxygen atoms in total. The van der Waals surface area contributed by atoms with Crippen LogP contribution in [0, 0.1) is 6.79 Å². The summed E-state index contributed by atoms with van der Waals surface area (Å²) in [5.41, 5.74) is 0. The fraction of sp³-hybridized carbons (Fsp3) is 0.857. The highest BCUT2D eigenvalue weighted by Gasteiger charge is 2.29. The predicted octanol–water partition coefficient (Wildman–Crippen LogP) is 0.182. The summed E-state index contributed by atoms with van der Waals surface area (Å²) in [5.74, 6) is 0. The van der Waals surface area contributed by atoms with Crippen LogP contribution in [0.4, 0.5) is 0 Å². The van der Waals surface area contributed by atoms with Crippen molar-refractivity contribution in [3.8, 4) is 0 Å². The van der Waals surface area contributed by atoms with Crippen molar-refractivity contribution in [2.45, 2.75) is 12.2 Å². The monoisotopic (exact) mass is 161 g/mol. The van der Waals surface area contributed by atoms with Crippen LogP contribution in [0.25, 0.3) is 0 Å². The molecule has 0 aromatic rings. The molecule has 1 saturated heterocycles. The molecule has 0 spiro atoms. The lowest BCUT2D eigenvalue weighted by Crippen LogP contribution is -2.30. The Labute approximate surface area is 66.4 Å². The summed E-state index contributed by atoms with van der Waals surface area (Å²) in [4.78, 5) is 0. The topological polar surface area (TPSA) is 36.9 Å². The molecule has 1 heterocycles. The number of hydrogen-bond acceptors (Lipinski definition) is 4. The summed E-state index contributed by atoms with van der Waals surface area (Å²) < 4.78 is 20.1. The second-order valence-electron chi connectivity index (χ2n) is 2.36. The highest BCUT2D eigenvalue weighted by atomic mass is 16.7. The zero-order chi connectivity index (χ0) is 8.10. The zero-order valence-electron chi connectivity index (χ0n) is 6.78. The molecular weight excluding hydrogens is 148 g/mol. The summed E-state index contributed by atoms with van der Waals surface area (Å²) in [6.45, 7) is 2.41. The Balaban J connectivity index is 2.25. The van der Waals surface area contributed by atoms with Crippen molar-refractivity contribution in [2.75, 3.05) is 27.4 Å². The summed E-state index contributed by atoms with van der Waals surface area (Å²) in [7, 11) is 3.26. The molecule has 4 heteroatoms. The minimum Gasteiger partial charge on any atom is -0.382 e. The molecule has 1 aliphatic rings. The van der Waals surface area contributed by atoms with Crippen molar-refractivity contribution in [3.05, 3.63) is 6.79 Å². The standard InChI is InChI=1S/C7H13O4/c1-8-3-6-7(4-9-2)11-5-10-6/h5-7H,3-4H2,1-2H3. The van der Waals surface area contributed by atoms with Gasteiger partial charge in [-0.25, -0.2) is 0 Å². The molecule has 0 saturated carbocycles. The molecule has 0 bridgehead atoms. The molecule has 0 amide bonds. The van der Waals surface area contributed by atoms with Gasteiger partial charge in [0.05, 0.1) is 13.2 Å². The van der Waals surface area contributed by atoms with Crippen LogP contribution in [-0.4, -0.2) is 39.6 Å². The van der Waals surface area contributed by atoms with E-state index in [9.17, 15) is 0 Å². The van der Waals surface area contributed by atoms with E-state index in [-0.39, 0.29) is 12.2 Å². The van der Waals surface area contributed by atoms with E-state index in [1.807, 2.05) is 0 Å². The Morgan fingerprint density at radius 3 is 1.91 bits per heavy atom. The molecule has 0 aliphatic carbocycles. The van der Waals surface area contributed by atoms with Gasteiger partial charge in [0.2, 0.25) is 6.79 Å². The van der Waals surface area contributed by atoms with E-state index in [1.165, 1.54) is 6.79 Å². The Bertz CT molecular complexity index is 94.6. The van der Waals surface area contributed by atoms with Crippen LogP contribution in [0.5, 0.6) is 0 Å². The van der Waals surface area contributed by atoms with Gasteiger partial charge in [0.25, 0.3) is 0 Å². The van der Waals surface area contributed by atoms with E-state index < -0.39 is 0 Å². The van der Waals surface area contributed by atoms with E-state index in [4.69, 9.17) is 18.9 Å². The van der Waals surface area contributed by atoms with Crippen molar-refractivity contribution in [3.63, 3.8) is 0 Å². The van der Waals surface area contributed by atoms with Gasteiger partial charge in [0.15, 0.2) is 0 Å². The minimum absolute atomic E-state index is 0.0278. The molecular formula is C7H13O4. The highest BCUT2D eigenvalue weighted by molar-refractivity contribution is 4.76. The van der Waals surface area contributed by atoms with Crippen molar-refractivity contribution in [1.29, 1.82) is 0 Å². The lowest BCUT2D eigenvalue weighted by Gasteiger charge is -2.14. The average Bonchev–Trinajstić information content (AvgIpc) is 2.39. The van der Waals surface area contributed by atoms with E-state index in [2.05, 4.69) is 0 Å². The first-order chi connectivity index (χ1) is 5.38. The van der Waals surface area contributed by atoms with Gasteiger partial charge in [-0.1, -0.05) is 0 Å². The van der Waals surface area contributed by atoms with Gasteiger partial charge >= 0.3 is 0 Å². The van der Waals surface area contributed by atoms with Crippen LogP contribution < -0.4 is 0 Å². The Morgan fingerprint density at radius 1 is 1.09 bits per heavy atom. The molecule has 0 aromatic carbocycles. The van der Waals surface area contributed by atoms with Crippen LogP contribution in [0.15, 0.2) is 0 Å². The van der Waals surface area contributed by atoms with Gasteiger partial charge in [-0.15, -0.1) is 0 Å². The van der Waals surface area contributed by atoms with Crippen molar-refractivity contribution >= 4 is 0 Å². The normalized spacial score (nSPS) is 31.1. The third kappa shape index (κ3) is 2.41. The van der Waals surface area contributed by atoms with Gasteiger partial charge < -0.3 is 18.9 Å². The Kier molecular flexibility index (Phi) is 3.79. The third-order valence-electron chi connectivity index (χ3n) is 1.54. The van der Waals surface area contributed by atoms with Gasteiger partial charge in [0, 0.05) is 14.2 Å². The molecule has 65 valence electrons. The number of methoxy groups -OCH3 is 2. The fourth-order valence-corrected chi connectivity index (χ4v) is 0.972. The van der Waals surface area contributed by atoms with Gasteiger partial charge in [-0.05, 0) is 0 Å². The van der Waals surface area contributed by atoms with Crippen molar-refractivity contribution in [2.24, 2.45) is 0 Å². The quantitative estimate of drug-likeness (QED) is 0.589. The van der Waals surface area contributed by atoms with Gasteiger partial charge in [-0.2, -0.15) is 0 Å². The minimum atomic E-state index is -0.0278. The SMILES string of the molecule is COCC1O[CH]OC1COC. The van der Waals surface area contributed by atoms with E-state index in [0.29, 0.717) is 13.2 Å². The van der Waals surface area contributed by atoms with Gasteiger partial charge in [-0.3, -0.25) is 0 Å². The third-order valence-corrected chi connectivity index (χ3v) is 1.54. The Morgan fingerprint density at radius 2 is 1.55 bits per heavy atom. The van der Waals surface area contributed by atoms with Crippen LogP contribution in [0.2, 0.25) is 0 Å². The van der Waals surface area contributed by atoms with Crippen LogP contribution >= 0.6 is 0 Å². The largest absolute Gasteiger partial charge is 0.382 e. The second kappa shape index (κ2) is 4.66. The summed E-state index contributed by atoms with van der Waals surface area (Å²) in [6, 6.07) is 0. The first kappa shape index (κ1) is 8.93. The zero-order valence-corrected chi connectivity index (χ0v) is 6.78. The summed E-state index contributed by atoms with van der Waals surface area (Å²) in [6.07, 6.45) is -0.0556. The second-order valence-corrected chi connectivity index (χ2v) is 2.36. The first-order valence-corrected chi connectivity index (χ1v) is 3.49.